The fourth-order valence-electron chi connectivity index (χ4n) is 2.47. The smallest absolute Gasteiger partial charge is 0.491 e. The number of rotatable bonds is 6. The Hall–Kier alpha value is -2.11. The minimum atomic E-state index is -0.913. The van der Waals surface area contributed by atoms with E-state index in [0.717, 1.165) is 11.3 Å². The molecular formula is C17H17BO4. The standard InChI is InChI=1S/C17H17BO4/c19-17(7-4-10-21-15-5-2-1-3-6-15)13-8-9-14-12-22-18(20)16(14)11-13/h1-3,5-6,8-9,11,20H,4,7,10,12H2. The van der Waals surface area contributed by atoms with Crippen LogP contribution in [0.1, 0.15) is 28.8 Å². The molecule has 0 atom stereocenters. The Bertz CT molecular complexity index is 657. The molecule has 0 saturated carbocycles. The molecule has 1 N–H and O–H groups in total. The first kappa shape index (κ1) is 14.8. The van der Waals surface area contributed by atoms with Gasteiger partial charge in [0.1, 0.15) is 5.75 Å². The summed E-state index contributed by atoms with van der Waals surface area (Å²) in [5.41, 5.74) is 2.26. The van der Waals surface area contributed by atoms with Crippen molar-refractivity contribution >= 4 is 18.4 Å². The number of carbonyl (C=O) groups is 1. The number of ketones is 1. The third kappa shape index (κ3) is 3.38. The summed E-state index contributed by atoms with van der Waals surface area (Å²) in [6, 6.07) is 14.9. The number of hydrogen-bond donors (Lipinski definition) is 1. The van der Waals surface area contributed by atoms with Crippen LogP contribution >= 0.6 is 0 Å². The van der Waals surface area contributed by atoms with Gasteiger partial charge in [0.05, 0.1) is 13.2 Å². The average Bonchev–Trinajstić information content (AvgIpc) is 2.93. The predicted octanol–water partition coefficient (Wildman–Crippen LogP) is 1.95. The van der Waals surface area contributed by atoms with Gasteiger partial charge in [-0.3, -0.25) is 4.79 Å². The number of benzene rings is 2. The second-order valence-electron chi connectivity index (χ2n) is 5.27. The van der Waals surface area contributed by atoms with E-state index in [0.29, 0.717) is 37.1 Å². The van der Waals surface area contributed by atoms with Crippen LogP contribution in [0.3, 0.4) is 0 Å². The first-order valence-corrected chi connectivity index (χ1v) is 7.37. The summed E-state index contributed by atoms with van der Waals surface area (Å²) >= 11 is 0. The highest BCUT2D eigenvalue weighted by atomic mass is 16.5. The third-order valence-electron chi connectivity index (χ3n) is 3.69. The molecule has 1 aliphatic rings. The molecule has 0 aromatic heterocycles. The lowest BCUT2D eigenvalue weighted by atomic mass is 9.78. The summed E-state index contributed by atoms with van der Waals surface area (Å²) in [5, 5.41) is 9.67. The van der Waals surface area contributed by atoms with E-state index in [2.05, 4.69) is 0 Å². The summed E-state index contributed by atoms with van der Waals surface area (Å²) in [6.07, 6.45) is 1.08. The van der Waals surface area contributed by atoms with E-state index < -0.39 is 7.12 Å². The van der Waals surface area contributed by atoms with Gasteiger partial charge in [-0.05, 0) is 29.6 Å². The van der Waals surface area contributed by atoms with E-state index in [1.807, 2.05) is 36.4 Å². The Kier molecular flexibility index (Phi) is 4.56. The third-order valence-corrected chi connectivity index (χ3v) is 3.69. The Balaban J connectivity index is 1.51. The highest BCUT2D eigenvalue weighted by molar-refractivity contribution is 6.61. The zero-order valence-corrected chi connectivity index (χ0v) is 12.2. The van der Waals surface area contributed by atoms with Crippen molar-refractivity contribution in [1.82, 2.24) is 0 Å². The fourth-order valence-corrected chi connectivity index (χ4v) is 2.47. The maximum absolute atomic E-state index is 12.2. The van der Waals surface area contributed by atoms with Gasteiger partial charge < -0.3 is 14.4 Å². The van der Waals surface area contributed by atoms with E-state index >= 15 is 0 Å². The van der Waals surface area contributed by atoms with Crippen LogP contribution < -0.4 is 10.2 Å². The van der Waals surface area contributed by atoms with Crippen molar-refractivity contribution in [3.63, 3.8) is 0 Å². The van der Waals surface area contributed by atoms with Crippen LogP contribution in [0.25, 0.3) is 0 Å². The number of carbonyl (C=O) groups excluding carboxylic acids is 1. The summed E-state index contributed by atoms with van der Waals surface area (Å²) in [5.74, 6) is 0.867. The zero-order valence-electron chi connectivity index (χ0n) is 12.2. The van der Waals surface area contributed by atoms with Gasteiger partial charge >= 0.3 is 7.12 Å². The lowest BCUT2D eigenvalue weighted by molar-refractivity contribution is 0.0973. The second kappa shape index (κ2) is 6.77. The van der Waals surface area contributed by atoms with Crippen LogP contribution in [0.15, 0.2) is 48.5 Å². The Morgan fingerprint density at radius 1 is 1.23 bits per heavy atom. The molecule has 2 aromatic carbocycles. The number of ether oxygens (including phenoxy) is 1. The molecule has 4 nitrogen and oxygen atoms in total. The summed E-state index contributed by atoms with van der Waals surface area (Å²) in [4.78, 5) is 12.2. The van der Waals surface area contributed by atoms with E-state index in [1.165, 1.54) is 0 Å². The van der Waals surface area contributed by atoms with Crippen LogP contribution in [0.5, 0.6) is 5.75 Å². The zero-order chi connectivity index (χ0) is 15.4. The second-order valence-corrected chi connectivity index (χ2v) is 5.27. The van der Waals surface area contributed by atoms with Crippen molar-refractivity contribution in [3.05, 3.63) is 59.7 Å². The van der Waals surface area contributed by atoms with Crippen molar-refractivity contribution in [2.45, 2.75) is 19.4 Å². The van der Waals surface area contributed by atoms with Gasteiger partial charge in [0.2, 0.25) is 0 Å². The van der Waals surface area contributed by atoms with Crippen molar-refractivity contribution in [1.29, 1.82) is 0 Å². The van der Waals surface area contributed by atoms with Gasteiger partial charge in [-0.2, -0.15) is 0 Å². The first-order valence-electron chi connectivity index (χ1n) is 7.37. The minimum absolute atomic E-state index is 0.0542. The molecule has 0 aliphatic carbocycles. The molecule has 0 amide bonds. The lowest BCUT2D eigenvalue weighted by Crippen LogP contribution is -2.28. The highest BCUT2D eigenvalue weighted by Crippen LogP contribution is 2.14. The molecule has 0 saturated heterocycles. The highest BCUT2D eigenvalue weighted by Gasteiger charge is 2.27. The molecule has 0 unspecified atom stereocenters. The van der Waals surface area contributed by atoms with E-state index in [1.54, 1.807) is 12.1 Å². The van der Waals surface area contributed by atoms with Crippen LogP contribution in [0, 0.1) is 0 Å². The SMILES string of the molecule is O=C(CCCOc1ccccc1)c1ccc2c(c1)B(O)OC2. The van der Waals surface area contributed by atoms with E-state index in [-0.39, 0.29) is 5.78 Å². The van der Waals surface area contributed by atoms with Gasteiger partial charge in [-0.15, -0.1) is 0 Å². The van der Waals surface area contributed by atoms with Gasteiger partial charge in [-0.1, -0.05) is 36.4 Å². The quantitative estimate of drug-likeness (QED) is 0.503. The Morgan fingerprint density at radius 2 is 2.05 bits per heavy atom. The van der Waals surface area contributed by atoms with Crippen molar-refractivity contribution in [2.24, 2.45) is 0 Å². The molecule has 2 aromatic rings. The van der Waals surface area contributed by atoms with Crippen molar-refractivity contribution < 1.29 is 19.2 Å². The molecule has 0 fully saturated rings. The topological polar surface area (TPSA) is 55.8 Å². The molecule has 0 radical (unpaired) electrons. The summed E-state index contributed by atoms with van der Waals surface area (Å²) in [7, 11) is -0.913. The van der Waals surface area contributed by atoms with Crippen LogP contribution in [0.2, 0.25) is 0 Å². The van der Waals surface area contributed by atoms with Crippen LogP contribution in [0.4, 0.5) is 0 Å². The molecule has 5 heteroatoms. The molecule has 3 rings (SSSR count). The minimum Gasteiger partial charge on any atom is -0.494 e. The van der Waals surface area contributed by atoms with Gasteiger partial charge in [0.25, 0.3) is 0 Å². The normalized spacial score (nSPS) is 13.0. The fraction of sp³-hybridized carbons (Fsp3) is 0.235. The first-order chi connectivity index (χ1) is 10.7. The molecular weight excluding hydrogens is 279 g/mol. The van der Waals surface area contributed by atoms with Gasteiger partial charge in [-0.25, -0.2) is 0 Å². The number of Topliss-reactive ketones (excluding diaryl/α,β-unsaturated/α-hetero) is 1. The largest absolute Gasteiger partial charge is 0.494 e. The van der Waals surface area contributed by atoms with Gasteiger partial charge in [0, 0.05) is 12.0 Å². The molecule has 112 valence electrons. The molecule has 1 aliphatic heterocycles. The number of hydrogen-bond acceptors (Lipinski definition) is 4. The Labute approximate surface area is 129 Å². The monoisotopic (exact) mass is 296 g/mol. The molecule has 1 heterocycles. The number of para-hydroxylation sites is 1. The maximum atomic E-state index is 12.2. The molecule has 22 heavy (non-hydrogen) atoms. The summed E-state index contributed by atoms with van der Waals surface area (Å²) < 4.78 is 10.7. The summed E-state index contributed by atoms with van der Waals surface area (Å²) in [6.45, 7) is 0.905. The lowest BCUT2D eigenvalue weighted by Gasteiger charge is -2.06. The van der Waals surface area contributed by atoms with Crippen molar-refractivity contribution in [2.75, 3.05) is 6.61 Å². The maximum Gasteiger partial charge on any atom is 0.491 e. The van der Waals surface area contributed by atoms with E-state index in [9.17, 15) is 9.82 Å². The molecule has 0 bridgehead atoms. The van der Waals surface area contributed by atoms with E-state index in [4.69, 9.17) is 9.39 Å². The predicted molar refractivity (Wildman–Crippen MR) is 84.3 cm³/mol. The molecule has 0 spiro atoms. The Morgan fingerprint density at radius 3 is 2.86 bits per heavy atom. The van der Waals surface area contributed by atoms with Crippen LogP contribution in [-0.2, 0) is 11.3 Å². The van der Waals surface area contributed by atoms with Gasteiger partial charge in [0.15, 0.2) is 5.78 Å². The number of fused-ring (bicyclic) bond motifs is 1. The van der Waals surface area contributed by atoms with Crippen LogP contribution in [-0.4, -0.2) is 24.5 Å². The average molecular weight is 296 g/mol. The van der Waals surface area contributed by atoms with Crippen molar-refractivity contribution in [3.8, 4) is 5.75 Å².